The maximum atomic E-state index is 12.7. The van der Waals surface area contributed by atoms with Crippen molar-refractivity contribution in [2.75, 3.05) is 6.61 Å². The van der Waals surface area contributed by atoms with E-state index in [2.05, 4.69) is 55.6 Å². The fraction of sp³-hybridized carbons (Fsp3) is 0.900. The molecule has 0 fully saturated rings. The van der Waals surface area contributed by atoms with Crippen molar-refractivity contribution in [1.29, 1.82) is 0 Å². The summed E-state index contributed by atoms with van der Waals surface area (Å²) in [6, 6.07) is -1.01. The van der Waals surface area contributed by atoms with E-state index < -0.39 is 36.9 Å². The second-order valence-electron chi connectivity index (χ2n) is 23.9. The van der Waals surface area contributed by atoms with Crippen molar-refractivity contribution >= 4 is 5.91 Å². The minimum Gasteiger partial charge on any atom is -0.394 e. The van der Waals surface area contributed by atoms with Gasteiger partial charge in [0.1, 0.15) is 12.2 Å². The SMILES string of the molecule is CCCCCCCCCCCCCCCCCC/C=C/CC/C=C/CC/C=C/CCCC(O)C(O)C(CO)NC(=O)C(O)CCCCCCCCCCCCCCCCCCCCCCCCCCCCCCCCC. The number of carbonyl (C=O) groups excluding carboxylic acids is 1. The molecule has 0 aromatic rings. The predicted octanol–water partition coefficient (Wildman–Crippen LogP) is 21.1. The Morgan fingerprint density at radius 2 is 0.553 bits per heavy atom. The van der Waals surface area contributed by atoms with Gasteiger partial charge in [-0.15, -0.1) is 0 Å². The van der Waals surface area contributed by atoms with Crippen LogP contribution in [-0.2, 0) is 4.79 Å². The molecule has 5 N–H and O–H groups in total. The zero-order chi connectivity index (χ0) is 55.1. The molecule has 4 unspecified atom stereocenters. The lowest BCUT2D eigenvalue weighted by molar-refractivity contribution is -0.132. The van der Waals surface area contributed by atoms with Crippen LogP contribution in [0.2, 0.25) is 0 Å². The molecule has 0 spiro atoms. The first-order chi connectivity index (χ1) is 37.5. The summed E-state index contributed by atoms with van der Waals surface area (Å²) in [7, 11) is 0. The second-order valence-corrected chi connectivity index (χ2v) is 23.9. The highest BCUT2D eigenvalue weighted by Gasteiger charge is 2.28. The number of unbranched alkanes of at least 4 members (excludes halogenated alkanes) is 49. The first-order valence-corrected chi connectivity index (χ1v) is 34.4. The van der Waals surface area contributed by atoms with E-state index in [1.807, 2.05) is 0 Å². The molecule has 76 heavy (non-hydrogen) atoms. The van der Waals surface area contributed by atoms with Crippen molar-refractivity contribution in [2.24, 2.45) is 0 Å². The summed E-state index contributed by atoms with van der Waals surface area (Å²) in [4.78, 5) is 12.7. The maximum Gasteiger partial charge on any atom is 0.249 e. The number of rotatable bonds is 64. The molecule has 0 aliphatic rings. The van der Waals surface area contributed by atoms with Crippen LogP contribution in [-0.4, -0.2) is 57.3 Å². The topological polar surface area (TPSA) is 110 Å². The zero-order valence-electron chi connectivity index (χ0n) is 51.3. The van der Waals surface area contributed by atoms with Gasteiger partial charge in [-0.25, -0.2) is 0 Å². The number of allylic oxidation sites excluding steroid dienone is 6. The van der Waals surface area contributed by atoms with Crippen LogP contribution in [0.15, 0.2) is 36.5 Å². The number of aliphatic hydroxyl groups excluding tert-OH is 4. The van der Waals surface area contributed by atoms with Gasteiger partial charge >= 0.3 is 0 Å². The molecule has 6 heteroatoms. The molecule has 0 radical (unpaired) electrons. The Hall–Kier alpha value is -1.47. The smallest absolute Gasteiger partial charge is 0.249 e. The van der Waals surface area contributed by atoms with Crippen molar-refractivity contribution < 1.29 is 25.2 Å². The molecule has 0 rings (SSSR count). The average molecular weight is 1070 g/mol. The maximum absolute atomic E-state index is 12.7. The van der Waals surface area contributed by atoms with E-state index in [-0.39, 0.29) is 0 Å². The molecule has 450 valence electrons. The van der Waals surface area contributed by atoms with E-state index in [0.717, 1.165) is 51.4 Å². The van der Waals surface area contributed by atoms with Gasteiger partial charge in [0.05, 0.1) is 18.8 Å². The fourth-order valence-electron chi connectivity index (χ4n) is 11.0. The first kappa shape index (κ1) is 74.5. The van der Waals surface area contributed by atoms with Crippen molar-refractivity contribution in [3.63, 3.8) is 0 Å². The lowest BCUT2D eigenvalue weighted by Crippen LogP contribution is -2.53. The Morgan fingerprint density at radius 1 is 0.316 bits per heavy atom. The molecule has 0 saturated carbocycles. The van der Waals surface area contributed by atoms with Crippen LogP contribution in [0.5, 0.6) is 0 Å². The summed E-state index contributed by atoms with van der Waals surface area (Å²) in [6.07, 6.45) is 82.7. The van der Waals surface area contributed by atoms with E-state index in [1.165, 1.54) is 289 Å². The third-order valence-electron chi connectivity index (χ3n) is 16.3. The summed E-state index contributed by atoms with van der Waals surface area (Å²) in [5.41, 5.74) is 0. The van der Waals surface area contributed by atoms with E-state index in [9.17, 15) is 25.2 Å². The quantitative estimate of drug-likeness (QED) is 0.0308. The minimum atomic E-state index is -1.29. The van der Waals surface area contributed by atoms with Gasteiger partial charge in [-0.3, -0.25) is 4.79 Å². The number of hydrogen-bond acceptors (Lipinski definition) is 5. The summed E-state index contributed by atoms with van der Waals surface area (Å²) >= 11 is 0. The summed E-state index contributed by atoms with van der Waals surface area (Å²) in [5, 5.41) is 44.2. The van der Waals surface area contributed by atoms with Gasteiger partial charge in [0.2, 0.25) is 5.91 Å². The van der Waals surface area contributed by atoms with Gasteiger partial charge in [0, 0.05) is 0 Å². The Kier molecular flexibility index (Phi) is 63.1. The Morgan fingerprint density at radius 3 is 0.829 bits per heavy atom. The molecule has 0 aliphatic carbocycles. The van der Waals surface area contributed by atoms with E-state index in [0.29, 0.717) is 19.3 Å². The van der Waals surface area contributed by atoms with Crippen LogP contribution in [0.4, 0.5) is 0 Å². The van der Waals surface area contributed by atoms with Gasteiger partial charge in [-0.1, -0.05) is 346 Å². The predicted molar refractivity (Wildman–Crippen MR) is 334 cm³/mol. The van der Waals surface area contributed by atoms with E-state index in [4.69, 9.17) is 0 Å². The van der Waals surface area contributed by atoms with Crippen LogP contribution in [0.3, 0.4) is 0 Å². The van der Waals surface area contributed by atoms with Crippen LogP contribution < -0.4 is 5.32 Å². The summed E-state index contributed by atoms with van der Waals surface area (Å²) < 4.78 is 0. The number of aliphatic hydroxyl groups is 4. The number of nitrogens with one attached hydrogen (secondary N) is 1. The molecule has 0 heterocycles. The van der Waals surface area contributed by atoms with Gasteiger partial charge in [0.15, 0.2) is 0 Å². The molecule has 0 aromatic carbocycles. The molecule has 0 bridgehead atoms. The Bertz CT molecular complexity index is 1200. The molecular weight excluding hydrogens is 935 g/mol. The van der Waals surface area contributed by atoms with Crippen molar-refractivity contribution in [3.8, 4) is 0 Å². The highest BCUT2D eigenvalue weighted by Crippen LogP contribution is 2.19. The number of amides is 1. The molecule has 4 atom stereocenters. The van der Waals surface area contributed by atoms with Crippen LogP contribution in [0, 0.1) is 0 Å². The minimum absolute atomic E-state index is 0.362. The largest absolute Gasteiger partial charge is 0.394 e. The van der Waals surface area contributed by atoms with E-state index >= 15 is 0 Å². The monoisotopic (exact) mass is 1070 g/mol. The normalized spacial score (nSPS) is 13.7. The Balaban J connectivity index is 3.60. The standard InChI is InChI=1S/C70H135NO5/c1-3-5-7-9-11-13-15-17-19-21-23-25-27-29-31-33-34-36-38-40-42-44-46-48-50-52-54-56-58-60-62-64-68(74)70(76)71-66(65-72)69(75)67(73)63-61-59-57-55-53-51-49-47-45-43-41-39-37-35-32-30-28-26-24-22-20-18-16-14-12-10-8-6-4-2/h39,41,47,49,55,57,66-69,72-75H,3-38,40,42-46,48,50-54,56,58-65H2,1-2H3,(H,71,76)/b41-39+,49-47+,57-55+. The van der Waals surface area contributed by atoms with Gasteiger partial charge in [-0.2, -0.15) is 0 Å². The molecule has 0 aromatic heterocycles. The molecule has 6 nitrogen and oxygen atoms in total. The summed E-state index contributed by atoms with van der Waals surface area (Å²) in [5.74, 6) is -0.593. The van der Waals surface area contributed by atoms with Gasteiger partial charge < -0.3 is 25.7 Å². The Labute approximate surface area is 475 Å². The van der Waals surface area contributed by atoms with E-state index in [1.54, 1.807) is 0 Å². The lowest BCUT2D eigenvalue weighted by atomic mass is 10.00. The highest BCUT2D eigenvalue weighted by molar-refractivity contribution is 5.80. The molecule has 0 saturated heterocycles. The van der Waals surface area contributed by atoms with Crippen molar-refractivity contribution in [2.45, 2.75) is 398 Å². The number of hydrogen-bond donors (Lipinski definition) is 5. The molecule has 1 amide bonds. The van der Waals surface area contributed by atoms with Crippen molar-refractivity contribution in [3.05, 3.63) is 36.5 Å². The average Bonchev–Trinajstić information content (AvgIpc) is 3.42. The highest BCUT2D eigenvalue weighted by atomic mass is 16.3. The summed E-state index contributed by atoms with van der Waals surface area (Å²) in [6.45, 7) is 4.09. The first-order valence-electron chi connectivity index (χ1n) is 34.4. The van der Waals surface area contributed by atoms with Crippen LogP contribution in [0.1, 0.15) is 373 Å². The van der Waals surface area contributed by atoms with Gasteiger partial charge in [0.25, 0.3) is 0 Å². The van der Waals surface area contributed by atoms with Gasteiger partial charge in [-0.05, 0) is 64.2 Å². The molecule has 0 aliphatic heterocycles. The second kappa shape index (κ2) is 64.4. The van der Waals surface area contributed by atoms with Crippen LogP contribution in [0.25, 0.3) is 0 Å². The third kappa shape index (κ3) is 57.2. The molecular formula is C70H135NO5. The fourth-order valence-corrected chi connectivity index (χ4v) is 11.0. The number of carbonyl (C=O) groups is 1. The zero-order valence-corrected chi connectivity index (χ0v) is 51.3. The van der Waals surface area contributed by atoms with Crippen molar-refractivity contribution in [1.82, 2.24) is 5.32 Å². The third-order valence-corrected chi connectivity index (χ3v) is 16.3. The lowest BCUT2D eigenvalue weighted by Gasteiger charge is -2.27. The van der Waals surface area contributed by atoms with Crippen LogP contribution >= 0.6 is 0 Å².